The number of carbonyl (C=O) groups is 1. The Morgan fingerprint density at radius 1 is 1.33 bits per heavy atom. The second-order valence-corrected chi connectivity index (χ2v) is 6.01. The van der Waals surface area contributed by atoms with E-state index in [1.165, 1.54) is 12.1 Å². The van der Waals surface area contributed by atoms with Crippen molar-refractivity contribution >= 4 is 17.2 Å². The summed E-state index contributed by atoms with van der Waals surface area (Å²) in [6, 6.07) is 6.15. The SMILES string of the molecule is CC(C)C(C(=O)NCCc1cscn1)c1ccc(F)cc1. The number of halogens is 1. The Labute approximate surface area is 128 Å². The van der Waals surface area contributed by atoms with Gasteiger partial charge in [0.1, 0.15) is 5.82 Å². The molecule has 0 saturated heterocycles. The second kappa shape index (κ2) is 7.31. The number of carbonyl (C=O) groups excluding carboxylic acids is 1. The van der Waals surface area contributed by atoms with E-state index in [0.29, 0.717) is 6.54 Å². The van der Waals surface area contributed by atoms with Gasteiger partial charge in [0, 0.05) is 18.3 Å². The molecular formula is C16H19FN2OS. The van der Waals surface area contributed by atoms with Crippen molar-refractivity contribution in [1.82, 2.24) is 10.3 Å². The topological polar surface area (TPSA) is 42.0 Å². The molecule has 1 unspecified atom stereocenters. The molecule has 0 saturated carbocycles. The maximum absolute atomic E-state index is 13.0. The smallest absolute Gasteiger partial charge is 0.227 e. The molecule has 0 spiro atoms. The fraction of sp³-hybridized carbons (Fsp3) is 0.375. The first-order chi connectivity index (χ1) is 10.1. The lowest BCUT2D eigenvalue weighted by atomic mass is 9.87. The summed E-state index contributed by atoms with van der Waals surface area (Å²) >= 11 is 1.55. The third-order valence-corrected chi connectivity index (χ3v) is 3.98. The van der Waals surface area contributed by atoms with Crippen molar-refractivity contribution in [3.8, 4) is 0 Å². The third kappa shape index (κ3) is 4.36. The first-order valence-corrected chi connectivity index (χ1v) is 7.92. The van der Waals surface area contributed by atoms with Crippen molar-refractivity contribution in [3.05, 3.63) is 52.2 Å². The van der Waals surface area contributed by atoms with Crippen molar-refractivity contribution in [1.29, 1.82) is 0 Å². The summed E-state index contributed by atoms with van der Waals surface area (Å²) < 4.78 is 13.0. The van der Waals surface area contributed by atoms with Crippen LogP contribution < -0.4 is 5.32 Å². The molecule has 0 aliphatic carbocycles. The highest BCUT2D eigenvalue weighted by molar-refractivity contribution is 7.07. The predicted molar refractivity (Wildman–Crippen MR) is 82.8 cm³/mol. The highest BCUT2D eigenvalue weighted by atomic mass is 32.1. The van der Waals surface area contributed by atoms with Gasteiger partial charge in [0.05, 0.1) is 17.1 Å². The van der Waals surface area contributed by atoms with Gasteiger partial charge in [-0.3, -0.25) is 4.79 Å². The summed E-state index contributed by atoms with van der Waals surface area (Å²) in [5, 5.41) is 4.93. The average molecular weight is 306 g/mol. The van der Waals surface area contributed by atoms with E-state index in [9.17, 15) is 9.18 Å². The third-order valence-electron chi connectivity index (χ3n) is 3.34. The normalized spacial score (nSPS) is 12.4. The first-order valence-electron chi connectivity index (χ1n) is 6.98. The number of thiazole rings is 1. The van der Waals surface area contributed by atoms with Gasteiger partial charge in [0.25, 0.3) is 0 Å². The number of hydrogen-bond acceptors (Lipinski definition) is 3. The Kier molecular flexibility index (Phi) is 5.44. The van der Waals surface area contributed by atoms with Gasteiger partial charge >= 0.3 is 0 Å². The van der Waals surface area contributed by atoms with Crippen molar-refractivity contribution < 1.29 is 9.18 Å². The van der Waals surface area contributed by atoms with Gasteiger partial charge in [-0.2, -0.15) is 0 Å². The standard InChI is InChI=1S/C16H19FN2OS/c1-11(2)15(12-3-5-13(17)6-4-12)16(20)18-8-7-14-9-21-10-19-14/h3-6,9-11,15H,7-8H2,1-2H3,(H,18,20). The Hall–Kier alpha value is -1.75. The van der Waals surface area contributed by atoms with Crippen LogP contribution in [0, 0.1) is 11.7 Å². The molecule has 1 amide bonds. The molecule has 0 aliphatic rings. The molecule has 0 radical (unpaired) electrons. The van der Waals surface area contributed by atoms with Crippen molar-refractivity contribution in [2.24, 2.45) is 5.92 Å². The molecule has 1 atom stereocenters. The molecule has 2 aromatic rings. The first kappa shape index (κ1) is 15.6. The molecule has 5 heteroatoms. The molecule has 112 valence electrons. The van der Waals surface area contributed by atoms with Crippen LogP contribution in [0.2, 0.25) is 0 Å². The van der Waals surface area contributed by atoms with Gasteiger partial charge < -0.3 is 5.32 Å². The molecule has 1 aromatic carbocycles. The maximum Gasteiger partial charge on any atom is 0.227 e. The summed E-state index contributed by atoms with van der Waals surface area (Å²) in [6.45, 7) is 4.55. The highest BCUT2D eigenvalue weighted by Crippen LogP contribution is 2.24. The molecule has 1 heterocycles. The lowest BCUT2D eigenvalue weighted by Gasteiger charge is -2.20. The van der Waals surface area contributed by atoms with Crippen LogP contribution in [-0.4, -0.2) is 17.4 Å². The van der Waals surface area contributed by atoms with E-state index in [-0.39, 0.29) is 23.6 Å². The van der Waals surface area contributed by atoms with Crippen molar-refractivity contribution in [2.45, 2.75) is 26.2 Å². The Morgan fingerprint density at radius 2 is 2.05 bits per heavy atom. The largest absolute Gasteiger partial charge is 0.355 e. The van der Waals surface area contributed by atoms with E-state index in [1.54, 1.807) is 29.0 Å². The fourth-order valence-corrected chi connectivity index (χ4v) is 2.89. The van der Waals surface area contributed by atoms with Crippen LogP contribution in [0.4, 0.5) is 4.39 Å². The summed E-state index contributed by atoms with van der Waals surface area (Å²) in [5.41, 5.74) is 3.62. The van der Waals surface area contributed by atoms with Gasteiger partial charge in [-0.1, -0.05) is 26.0 Å². The number of benzene rings is 1. The minimum atomic E-state index is -0.287. The maximum atomic E-state index is 13.0. The fourth-order valence-electron chi connectivity index (χ4n) is 2.29. The quantitative estimate of drug-likeness (QED) is 0.889. The number of aromatic nitrogens is 1. The lowest BCUT2D eigenvalue weighted by molar-refractivity contribution is -0.123. The molecule has 21 heavy (non-hydrogen) atoms. The summed E-state index contributed by atoms with van der Waals surface area (Å²) in [5.74, 6) is -0.423. The highest BCUT2D eigenvalue weighted by Gasteiger charge is 2.23. The summed E-state index contributed by atoms with van der Waals surface area (Å²) in [4.78, 5) is 16.6. The zero-order valence-corrected chi connectivity index (χ0v) is 13.0. The van der Waals surface area contributed by atoms with Crippen LogP contribution in [0.25, 0.3) is 0 Å². The predicted octanol–water partition coefficient (Wildman–Crippen LogP) is 3.38. The van der Waals surface area contributed by atoms with Crippen LogP contribution in [0.1, 0.15) is 31.0 Å². The van der Waals surface area contributed by atoms with Crippen LogP contribution in [0.3, 0.4) is 0 Å². The summed E-state index contributed by atoms with van der Waals surface area (Å²) in [7, 11) is 0. The molecule has 1 aromatic heterocycles. The van der Waals surface area contributed by atoms with Gasteiger partial charge in [-0.25, -0.2) is 9.37 Å². The van der Waals surface area contributed by atoms with Crippen molar-refractivity contribution in [2.75, 3.05) is 6.54 Å². The summed E-state index contributed by atoms with van der Waals surface area (Å²) in [6.07, 6.45) is 0.726. The van der Waals surface area contributed by atoms with Crippen LogP contribution in [0.5, 0.6) is 0 Å². The van der Waals surface area contributed by atoms with E-state index < -0.39 is 0 Å². The molecule has 0 fully saturated rings. The zero-order chi connectivity index (χ0) is 15.2. The van der Waals surface area contributed by atoms with Crippen LogP contribution >= 0.6 is 11.3 Å². The number of hydrogen-bond donors (Lipinski definition) is 1. The minimum absolute atomic E-state index is 0.0214. The minimum Gasteiger partial charge on any atom is -0.355 e. The lowest BCUT2D eigenvalue weighted by Crippen LogP contribution is -2.33. The molecule has 3 nitrogen and oxygen atoms in total. The van der Waals surface area contributed by atoms with E-state index in [2.05, 4.69) is 10.3 Å². The van der Waals surface area contributed by atoms with Gasteiger partial charge in [-0.15, -0.1) is 11.3 Å². The van der Waals surface area contributed by atoms with E-state index in [0.717, 1.165) is 17.7 Å². The number of rotatable bonds is 6. The average Bonchev–Trinajstić information content (AvgIpc) is 2.94. The Morgan fingerprint density at radius 3 is 2.62 bits per heavy atom. The molecule has 0 aliphatic heterocycles. The van der Waals surface area contributed by atoms with E-state index in [4.69, 9.17) is 0 Å². The number of amides is 1. The second-order valence-electron chi connectivity index (χ2n) is 5.29. The van der Waals surface area contributed by atoms with Gasteiger partial charge in [0.2, 0.25) is 5.91 Å². The van der Waals surface area contributed by atoms with Crippen LogP contribution in [-0.2, 0) is 11.2 Å². The Bertz CT molecular complexity index is 566. The van der Waals surface area contributed by atoms with E-state index >= 15 is 0 Å². The van der Waals surface area contributed by atoms with Crippen LogP contribution in [0.15, 0.2) is 35.2 Å². The molecule has 1 N–H and O–H groups in total. The van der Waals surface area contributed by atoms with E-state index in [1.807, 2.05) is 19.2 Å². The van der Waals surface area contributed by atoms with Crippen molar-refractivity contribution in [3.63, 3.8) is 0 Å². The molecule has 2 rings (SSSR count). The van der Waals surface area contributed by atoms with Gasteiger partial charge in [0.15, 0.2) is 0 Å². The number of nitrogens with zero attached hydrogens (tertiary/aromatic N) is 1. The molecule has 0 bridgehead atoms. The Balaban J connectivity index is 1.97. The molecular weight excluding hydrogens is 287 g/mol. The number of nitrogens with one attached hydrogen (secondary N) is 1. The zero-order valence-electron chi connectivity index (χ0n) is 12.2. The monoisotopic (exact) mass is 306 g/mol. The van der Waals surface area contributed by atoms with Gasteiger partial charge in [-0.05, 0) is 23.6 Å².